The normalized spacial score (nSPS) is 18.8. The highest BCUT2D eigenvalue weighted by Crippen LogP contribution is 2.16. The number of halogens is 1. The van der Waals surface area contributed by atoms with Crippen LogP contribution in [0.1, 0.15) is 23.2 Å². The van der Waals surface area contributed by atoms with E-state index in [0.29, 0.717) is 18.0 Å². The molecule has 6 heteroatoms. The average Bonchev–Trinajstić information content (AvgIpc) is 2.80. The van der Waals surface area contributed by atoms with Crippen molar-refractivity contribution in [3.63, 3.8) is 0 Å². The van der Waals surface area contributed by atoms with Gasteiger partial charge in [0.15, 0.2) is 0 Å². The topological polar surface area (TPSA) is 77.2 Å². The van der Waals surface area contributed by atoms with Crippen LogP contribution in [0.25, 0.3) is 0 Å². The number of carbonyl (C=O) groups is 1. The number of carbonyl (C=O) groups excluding carboxylic acids is 1. The maximum atomic E-state index is 11.8. The molecule has 1 amide bonds. The number of ether oxygens (including phenoxy) is 1. The summed E-state index contributed by atoms with van der Waals surface area (Å²) in [5, 5.41) is 3.07. The summed E-state index contributed by atoms with van der Waals surface area (Å²) in [7, 11) is 0. The highest BCUT2D eigenvalue weighted by molar-refractivity contribution is 6.29. The third-order valence-corrected chi connectivity index (χ3v) is 3.13. The van der Waals surface area contributed by atoms with Crippen molar-refractivity contribution >= 4 is 23.3 Å². The molecule has 5 nitrogen and oxygen atoms in total. The highest BCUT2D eigenvalue weighted by Gasteiger charge is 2.15. The van der Waals surface area contributed by atoms with E-state index in [1.54, 1.807) is 0 Å². The molecule has 3 N–H and O–H groups in total. The Balaban J connectivity index is 1.83. The molecule has 1 fully saturated rings. The number of hydrogen-bond acceptors (Lipinski definition) is 4. The van der Waals surface area contributed by atoms with Crippen molar-refractivity contribution in [2.24, 2.45) is 5.92 Å². The Morgan fingerprint density at radius 2 is 2.44 bits per heavy atom. The molecule has 0 bridgehead atoms. The number of aromatic nitrogens is 1. The van der Waals surface area contributed by atoms with Gasteiger partial charge in [-0.05, 0) is 30.9 Å². The Bertz CT molecular complexity index is 413. The number of nitrogen functional groups attached to an aromatic ring is 1. The Kier molecular flexibility index (Phi) is 4.38. The Morgan fingerprint density at radius 1 is 1.61 bits per heavy atom. The van der Waals surface area contributed by atoms with Crippen LogP contribution in [0.15, 0.2) is 12.1 Å². The van der Waals surface area contributed by atoms with Crippen LogP contribution in [0.2, 0.25) is 5.15 Å². The quantitative estimate of drug-likeness (QED) is 0.812. The zero-order chi connectivity index (χ0) is 13.0. The van der Waals surface area contributed by atoms with Crippen LogP contribution in [-0.4, -0.2) is 30.6 Å². The number of nitrogens with two attached hydrogens (primary N) is 1. The van der Waals surface area contributed by atoms with E-state index in [1.807, 2.05) is 0 Å². The molecular formula is C12H16ClN3O2. The van der Waals surface area contributed by atoms with Crippen LogP contribution in [0, 0.1) is 5.92 Å². The minimum Gasteiger partial charge on any atom is -0.384 e. The number of nitrogens with zero attached hydrogens (tertiary/aromatic N) is 1. The van der Waals surface area contributed by atoms with Crippen LogP contribution >= 0.6 is 11.6 Å². The number of anilines is 1. The molecule has 0 spiro atoms. The van der Waals surface area contributed by atoms with Crippen molar-refractivity contribution in [1.29, 1.82) is 0 Å². The average molecular weight is 270 g/mol. The molecule has 98 valence electrons. The molecule has 1 aromatic heterocycles. The Morgan fingerprint density at radius 3 is 3.11 bits per heavy atom. The molecule has 1 atom stereocenters. The lowest BCUT2D eigenvalue weighted by Gasteiger charge is -2.09. The molecular weight excluding hydrogens is 254 g/mol. The van der Waals surface area contributed by atoms with Crippen LogP contribution in [0.5, 0.6) is 0 Å². The van der Waals surface area contributed by atoms with Crippen molar-refractivity contribution in [2.75, 3.05) is 25.5 Å². The van der Waals surface area contributed by atoms with Gasteiger partial charge in [-0.2, -0.15) is 0 Å². The number of hydrogen-bond donors (Lipinski definition) is 2. The summed E-state index contributed by atoms with van der Waals surface area (Å²) >= 11 is 5.74. The third kappa shape index (κ3) is 3.58. The summed E-state index contributed by atoms with van der Waals surface area (Å²) in [4.78, 5) is 15.6. The first-order chi connectivity index (χ1) is 8.65. The monoisotopic (exact) mass is 269 g/mol. The van der Waals surface area contributed by atoms with Gasteiger partial charge in [0, 0.05) is 25.3 Å². The van der Waals surface area contributed by atoms with E-state index in [-0.39, 0.29) is 16.9 Å². The van der Waals surface area contributed by atoms with E-state index in [2.05, 4.69) is 10.3 Å². The van der Waals surface area contributed by atoms with E-state index in [0.717, 1.165) is 26.1 Å². The lowest BCUT2D eigenvalue weighted by molar-refractivity contribution is 0.0950. The van der Waals surface area contributed by atoms with Crippen LogP contribution in [0.3, 0.4) is 0 Å². The van der Waals surface area contributed by atoms with E-state index in [9.17, 15) is 4.79 Å². The molecule has 2 rings (SSSR count). The zero-order valence-corrected chi connectivity index (χ0v) is 10.7. The number of amides is 1. The van der Waals surface area contributed by atoms with Gasteiger partial charge in [-0.15, -0.1) is 0 Å². The second-order valence-corrected chi connectivity index (χ2v) is 4.76. The van der Waals surface area contributed by atoms with E-state index < -0.39 is 0 Å². The predicted octanol–water partition coefficient (Wildman–Crippen LogP) is 1.47. The van der Waals surface area contributed by atoms with Gasteiger partial charge in [-0.25, -0.2) is 4.98 Å². The number of nitrogens with one attached hydrogen (secondary N) is 1. The minimum absolute atomic E-state index is 0.176. The Hall–Kier alpha value is -1.33. The first kappa shape index (κ1) is 13.1. The van der Waals surface area contributed by atoms with Gasteiger partial charge in [0.2, 0.25) is 0 Å². The van der Waals surface area contributed by atoms with Gasteiger partial charge in [0.25, 0.3) is 5.91 Å². The van der Waals surface area contributed by atoms with Crippen molar-refractivity contribution in [3.8, 4) is 0 Å². The Labute approximate surface area is 111 Å². The molecule has 1 unspecified atom stereocenters. The van der Waals surface area contributed by atoms with Gasteiger partial charge < -0.3 is 15.8 Å². The van der Waals surface area contributed by atoms with Gasteiger partial charge in [-0.3, -0.25) is 4.79 Å². The van der Waals surface area contributed by atoms with Gasteiger partial charge in [0.1, 0.15) is 11.0 Å². The lowest BCUT2D eigenvalue weighted by Crippen LogP contribution is -2.26. The van der Waals surface area contributed by atoms with E-state index in [1.165, 1.54) is 12.1 Å². The summed E-state index contributed by atoms with van der Waals surface area (Å²) in [6, 6.07) is 3.02. The van der Waals surface area contributed by atoms with Crippen molar-refractivity contribution < 1.29 is 9.53 Å². The highest BCUT2D eigenvalue weighted by atomic mass is 35.5. The third-order valence-electron chi connectivity index (χ3n) is 2.94. The second-order valence-electron chi connectivity index (χ2n) is 4.38. The first-order valence-electron chi connectivity index (χ1n) is 5.94. The molecule has 2 heterocycles. The van der Waals surface area contributed by atoms with E-state index >= 15 is 0 Å². The molecule has 1 aliphatic rings. The van der Waals surface area contributed by atoms with Crippen molar-refractivity contribution in [3.05, 3.63) is 22.8 Å². The molecule has 0 radical (unpaired) electrons. The van der Waals surface area contributed by atoms with Gasteiger partial charge in [-0.1, -0.05) is 11.6 Å². The minimum atomic E-state index is -0.176. The second kappa shape index (κ2) is 6.02. The maximum absolute atomic E-state index is 11.8. The van der Waals surface area contributed by atoms with Crippen molar-refractivity contribution in [2.45, 2.75) is 12.8 Å². The lowest BCUT2D eigenvalue weighted by atomic mass is 10.1. The van der Waals surface area contributed by atoms with Crippen LogP contribution in [-0.2, 0) is 4.74 Å². The SMILES string of the molecule is Nc1cc(C(=O)NCCC2CCOC2)cc(Cl)n1. The number of pyridine rings is 1. The molecule has 18 heavy (non-hydrogen) atoms. The fraction of sp³-hybridized carbons (Fsp3) is 0.500. The molecule has 0 saturated carbocycles. The van der Waals surface area contributed by atoms with Gasteiger partial charge >= 0.3 is 0 Å². The summed E-state index contributed by atoms with van der Waals surface area (Å²) in [5.41, 5.74) is 5.97. The summed E-state index contributed by atoms with van der Waals surface area (Å²) in [6.45, 7) is 2.26. The predicted molar refractivity (Wildman–Crippen MR) is 69.5 cm³/mol. The first-order valence-corrected chi connectivity index (χ1v) is 6.32. The smallest absolute Gasteiger partial charge is 0.251 e. The molecule has 1 aliphatic heterocycles. The fourth-order valence-electron chi connectivity index (χ4n) is 1.95. The molecule has 1 aromatic rings. The standard InChI is InChI=1S/C12H16ClN3O2/c13-10-5-9(6-11(14)16-10)12(17)15-3-1-8-2-4-18-7-8/h5-6,8H,1-4,7H2,(H2,14,16)(H,15,17). The summed E-state index contributed by atoms with van der Waals surface area (Å²) in [5.74, 6) is 0.623. The van der Waals surface area contributed by atoms with Crippen molar-refractivity contribution in [1.82, 2.24) is 10.3 Å². The summed E-state index contributed by atoms with van der Waals surface area (Å²) in [6.07, 6.45) is 2.00. The van der Waals surface area contributed by atoms with Crippen LogP contribution in [0.4, 0.5) is 5.82 Å². The largest absolute Gasteiger partial charge is 0.384 e. The molecule has 1 saturated heterocycles. The fourth-order valence-corrected chi connectivity index (χ4v) is 2.17. The molecule has 0 aliphatic carbocycles. The van der Waals surface area contributed by atoms with Gasteiger partial charge in [0.05, 0.1) is 0 Å². The van der Waals surface area contributed by atoms with E-state index in [4.69, 9.17) is 22.1 Å². The van der Waals surface area contributed by atoms with Crippen LogP contribution < -0.4 is 11.1 Å². The number of rotatable bonds is 4. The zero-order valence-electron chi connectivity index (χ0n) is 9.99. The molecule has 0 aromatic carbocycles. The summed E-state index contributed by atoms with van der Waals surface area (Å²) < 4.78 is 5.28. The maximum Gasteiger partial charge on any atom is 0.251 e.